The number of hydrogen-bond donors (Lipinski definition) is 1. The summed E-state index contributed by atoms with van der Waals surface area (Å²) in [4.78, 5) is 0. The van der Waals surface area contributed by atoms with Gasteiger partial charge in [0, 0.05) is 0 Å². The number of hydrogen-bond acceptors (Lipinski definition) is 1. The van der Waals surface area contributed by atoms with Gasteiger partial charge in [-0.25, -0.2) is 0 Å². The van der Waals surface area contributed by atoms with Crippen LogP contribution < -0.4 is 0 Å². The van der Waals surface area contributed by atoms with E-state index in [0.717, 1.165) is 16.7 Å². The summed E-state index contributed by atoms with van der Waals surface area (Å²) in [5.41, 5.74) is 8.07. The average Bonchev–Trinajstić information content (AvgIpc) is 2.54. The number of benzene rings is 3. The molecule has 23 heavy (non-hydrogen) atoms. The van der Waals surface area contributed by atoms with Crippen molar-refractivity contribution in [2.75, 3.05) is 0 Å². The first-order chi connectivity index (χ1) is 11.0. The van der Waals surface area contributed by atoms with Gasteiger partial charge in [0.05, 0.1) is 6.10 Å². The third kappa shape index (κ3) is 3.52. The van der Waals surface area contributed by atoms with E-state index in [2.05, 4.69) is 80.6 Å². The van der Waals surface area contributed by atoms with Crippen LogP contribution in [0.4, 0.5) is 0 Å². The van der Waals surface area contributed by atoms with Gasteiger partial charge < -0.3 is 5.11 Å². The van der Waals surface area contributed by atoms with Crippen LogP contribution in [0.25, 0.3) is 22.3 Å². The van der Waals surface area contributed by atoms with Crippen molar-refractivity contribution in [1.82, 2.24) is 0 Å². The standard InChI is InChI=1S/C22H22O/c1-15-6-4-8-18(10-15)21-12-20(17(3)23)13-22(14-21)19-9-5-7-16(2)11-19/h4-14,17,23H,1-3H3/t17-/m0/s1. The van der Waals surface area contributed by atoms with Crippen molar-refractivity contribution >= 4 is 0 Å². The smallest absolute Gasteiger partial charge is 0.0762 e. The summed E-state index contributed by atoms with van der Waals surface area (Å²) in [6.07, 6.45) is -0.483. The van der Waals surface area contributed by atoms with Gasteiger partial charge in [0.1, 0.15) is 0 Å². The van der Waals surface area contributed by atoms with E-state index in [0.29, 0.717) is 0 Å². The molecule has 0 fully saturated rings. The van der Waals surface area contributed by atoms with Gasteiger partial charge in [0.25, 0.3) is 0 Å². The largest absolute Gasteiger partial charge is 0.389 e. The van der Waals surface area contributed by atoms with E-state index < -0.39 is 6.10 Å². The van der Waals surface area contributed by atoms with Gasteiger partial charge in [-0.1, -0.05) is 59.7 Å². The molecular formula is C22H22O. The molecule has 0 saturated carbocycles. The van der Waals surface area contributed by atoms with Gasteiger partial charge in [-0.2, -0.15) is 0 Å². The summed E-state index contributed by atoms with van der Waals surface area (Å²) in [6.45, 7) is 6.02. The Morgan fingerprint density at radius 3 is 1.52 bits per heavy atom. The van der Waals surface area contributed by atoms with E-state index >= 15 is 0 Å². The maximum Gasteiger partial charge on any atom is 0.0762 e. The first-order valence-electron chi connectivity index (χ1n) is 8.00. The number of aliphatic hydroxyl groups excluding tert-OH is 1. The Balaban J connectivity index is 2.17. The van der Waals surface area contributed by atoms with E-state index in [-0.39, 0.29) is 0 Å². The summed E-state index contributed by atoms with van der Waals surface area (Å²) >= 11 is 0. The van der Waals surface area contributed by atoms with Crippen molar-refractivity contribution in [3.63, 3.8) is 0 Å². The molecule has 0 saturated heterocycles. The van der Waals surface area contributed by atoms with Gasteiger partial charge in [0.15, 0.2) is 0 Å². The molecule has 1 atom stereocenters. The zero-order chi connectivity index (χ0) is 16.4. The molecule has 0 aromatic heterocycles. The Labute approximate surface area is 138 Å². The summed E-state index contributed by atoms with van der Waals surface area (Å²) in [5, 5.41) is 10.1. The van der Waals surface area contributed by atoms with E-state index in [4.69, 9.17) is 0 Å². The first kappa shape index (κ1) is 15.5. The van der Waals surface area contributed by atoms with Crippen LogP contribution in [0.3, 0.4) is 0 Å². The van der Waals surface area contributed by atoms with Crippen molar-refractivity contribution in [2.45, 2.75) is 26.9 Å². The highest BCUT2D eigenvalue weighted by Gasteiger charge is 2.09. The van der Waals surface area contributed by atoms with Crippen molar-refractivity contribution in [1.29, 1.82) is 0 Å². The highest BCUT2D eigenvalue weighted by atomic mass is 16.3. The Kier molecular flexibility index (Phi) is 4.31. The summed E-state index contributed by atoms with van der Waals surface area (Å²) in [7, 11) is 0. The van der Waals surface area contributed by atoms with Crippen molar-refractivity contribution in [2.24, 2.45) is 0 Å². The highest BCUT2D eigenvalue weighted by molar-refractivity contribution is 5.75. The minimum atomic E-state index is -0.483. The van der Waals surface area contributed by atoms with Gasteiger partial charge in [-0.3, -0.25) is 0 Å². The SMILES string of the molecule is Cc1cccc(-c2cc(-c3cccc(C)c3)cc([C@H](C)O)c2)c1. The monoisotopic (exact) mass is 302 g/mol. The van der Waals surface area contributed by atoms with Crippen molar-refractivity contribution in [3.05, 3.63) is 83.4 Å². The number of rotatable bonds is 3. The topological polar surface area (TPSA) is 20.2 Å². The molecule has 116 valence electrons. The second-order valence-electron chi connectivity index (χ2n) is 6.26. The quantitative estimate of drug-likeness (QED) is 0.659. The molecule has 1 heteroatoms. The maximum absolute atomic E-state index is 10.1. The van der Waals surface area contributed by atoms with Crippen LogP contribution in [0.5, 0.6) is 0 Å². The molecule has 0 radical (unpaired) electrons. The highest BCUT2D eigenvalue weighted by Crippen LogP contribution is 2.31. The van der Waals surface area contributed by atoms with Gasteiger partial charge in [0.2, 0.25) is 0 Å². The molecule has 1 N–H and O–H groups in total. The fourth-order valence-corrected chi connectivity index (χ4v) is 2.88. The molecule has 0 spiro atoms. The summed E-state index contributed by atoms with van der Waals surface area (Å²) < 4.78 is 0. The van der Waals surface area contributed by atoms with E-state index in [9.17, 15) is 5.11 Å². The summed E-state index contributed by atoms with van der Waals surface area (Å²) in [6, 6.07) is 23.3. The Morgan fingerprint density at radius 2 is 1.13 bits per heavy atom. The molecule has 0 aliphatic carbocycles. The molecule has 0 aliphatic heterocycles. The molecule has 0 heterocycles. The average molecular weight is 302 g/mol. The third-order valence-corrected chi connectivity index (χ3v) is 4.14. The lowest BCUT2D eigenvalue weighted by molar-refractivity contribution is 0.199. The lowest BCUT2D eigenvalue weighted by Gasteiger charge is -2.13. The molecule has 0 aliphatic rings. The Bertz CT molecular complexity index is 767. The van der Waals surface area contributed by atoms with Crippen LogP contribution in [-0.4, -0.2) is 5.11 Å². The normalized spacial score (nSPS) is 12.2. The molecule has 0 unspecified atom stereocenters. The van der Waals surface area contributed by atoms with Crippen LogP contribution >= 0.6 is 0 Å². The fourth-order valence-electron chi connectivity index (χ4n) is 2.88. The van der Waals surface area contributed by atoms with Crippen molar-refractivity contribution < 1.29 is 5.11 Å². The zero-order valence-corrected chi connectivity index (χ0v) is 13.9. The van der Waals surface area contributed by atoms with Crippen molar-refractivity contribution in [3.8, 4) is 22.3 Å². The fraction of sp³-hybridized carbons (Fsp3) is 0.182. The predicted molar refractivity (Wildman–Crippen MR) is 97.4 cm³/mol. The van der Waals surface area contributed by atoms with Crippen LogP contribution in [0.15, 0.2) is 66.7 Å². The van der Waals surface area contributed by atoms with E-state index in [1.807, 2.05) is 6.92 Å². The first-order valence-corrected chi connectivity index (χ1v) is 8.00. The molecule has 0 amide bonds. The molecule has 3 aromatic rings. The van der Waals surface area contributed by atoms with Crippen LogP contribution in [0.2, 0.25) is 0 Å². The Morgan fingerprint density at radius 1 is 0.652 bits per heavy atom. The maximum atomic E-state index is 10.1. The zero-order valence-electron chi connectivity index (χ0n) is 13.9. The van der Waals surface area contributed by atoms with E-state index in [1.165, 1.54) is 22.3 Å². The minimum absolute atomic E-state index is 0.483. The van der Waals surface area contributed by atoms with Crippen LogP contribution in [0.1, 0.15) is 29.7 Å². The molecular weight excluding hydrogens is 280 g/mol. The lowest BCUT2D eigenvalue weighted by atomic mass is 9.93. The lowest BCUT2D eigenvalue weighted by Crippen LogP contribution is -1.94. The molecule has 3 rings (SSSR count). The van der Waals surface area contributed by atoms with E-state index in [1.54, 1.807) is 0 Å². The molecule has 0 bridgehead atoms. The predicted octanol–water partition coefficient (Wildman–Crippen LogP) is 5.69. The second-order valence-corrected chi connectivity index (χ2v) is 6.26. The second kappa shape index (κ2) is 6.39. The van der Waals surface area contributed by atoms with Gasteiger partial charge >= 0.3 is 0 Å². The van der Waals surface area contributed by atoms with Gasteiger partial charge in [-0.15, -0.1) is 0 Å². The van der Waals surface area contributed by atoms with Crippen LogP contribution in [-0.2, 0) is 0 Å². The summed E-state index contributed by atoms with van der Waals surface area (Å²) in [5.74, 6) is 0. The molecule has 1 nitrogen and oxygen atoms in total. The third-order valence-electron chi connectivity index (χ3n) is 4.14. The number of aryl methyl sites for hydroxylation is 2. The molecule has 3 aromatic carbocycles. The number of aliphatic hydroxyl groups is 1. The van der Waals surface area contributed by atoms with Crippen LogP contribution in [0, 0.1) is 13.8 Å². The Hall–Kier alpha value is -2.38. The minimum Gasteiger partial charge on any atom is -0.389 e. The van der Waals surface area contributed by atoms with Gasteiger partial charge in [-0.05, 0) is 66.8 Å².